The van der Waals surface area contributed by atoms with E-state index in [1.807, 2.05) is 23.1 Å². The molecule has 7 nitrogen and oxygen atoms in total. The number of piperidine rings is 1. The minimum Gasteiger partial charge on any atom is -0.486 e. The summed E-state index contributed by atoms with van der Waals surface area (Å²) in [5.41, 5.74) is 0.780. The predicted octanol–water partition coefficient (Wildman–Crippen LogP) is 1.71. The lowest BCUT2D eigenvalue weighted by molar-refractivity contribution is -0.132. The van der Waals surface area contributed by atoms with Crippen molar-refractivity contribution in [3.8, 4) is 11.5 Å². The van der Waals surface area contributed by atoms with E-state index in [1.54, 1.807) is 9.80 Å². The first-order chi connectivity index (χ1) is 12.2. The number of fused-ring (bicyclic) bond motifs is 1. The van der Waals surface area contributed by atoms with E-state index in [1.165, 1.54) is 6.42 Å². The van der Waals surface area contributed by atoms with Gasteiger partial charge < -0.3 is 19.3 Å². The monoisotopic (exact) mass is 345 g/mol. The molecule has 0 N–H and O–H groups in total. The number of likely N-dealkylation sites (tertiary alicyclic amines) is 1. The van der Waals surface area contributed by atoms with E-state index in [0.29, 0.717) is 37.8 Å². The average molecular weight is 345 g/mol. The first-order valence-corrected chi connectivity index (χ1v) is 8.96. The van der Waals surface area contributed by atoms with Crippen molar-refractivity contribution in [1.29, 1.82) is 0 Å². The van der Waals surface area contributed by atoms with Gasteiger partial charge in [0.05, 0.1) is 0 Å². The van der Waals surface area contributed by atoms with Crippen molar-refractivity contribution in [2.45, 2.75) is 19.3 Å². The van der Waals surface area contributed by atoms with E-state index in [9.17, 15) is 9.59 Å². The first kappa shape index (κ1) is 16.1. The molecule has 3 heterocycles. The van der Waals surface area contributed by atoms with E-state index in [2.05, 4.69) is 0 Å². The molecule has 3 aliphatic heterocycles. The third-order valence-electron chi connectivity index (χ3n) is 4.97. The summed E-state index contributed by atoms with van der Waals surface area (Å²) in [4.78, 5) is 30.3. The van der Waals surface area contributed by atoms with Crippen LogP contribution < -0.4 is 14.4 Å². The number of hydrogen-bond acceptors (Lipinski definition) is 4. The maximum atomic E-state index is 12.7. The van der Waals surface area contributed by atoms with Crippen LogP contribution in [0.5, 0.6) is 11.5 Å². The molecule has 2 saturated heterocycles. The zero-order chi connectivity index (χ0) is 17.2. The second-order valence-electron chi connectivity index (χ2n) is 6.63. The molecule has 3 amide bonds. The zero-order valence-electron chi connectivity index (χ0n) is 14.3. The van der Waals surface area contributed by atoms with Crippen molar-refractivity contribution in [3.05, 3.63) is 18.2 Å². The molecule has 4 rings (SSSR count). The lowest BCUT2D eigenvalue weighted by Crippen LogP contribution is -2.44. The summed E-state index contributed by atoms with van der Waals surface area (Å²) in [6, 6.07) is 5.41. The minimum atomic E-state index is -0.123. The highest BCUT2D eigenvalue weighted by molar-refractivity contribution is 5.96. The number of carbonyl (C=O) groups is 2. The van der Waals surface area contributed by atoms with Gasteiger partial charge >= 0.3 is 6.03 Å². The number of rotatable bonds is 3. The van der Waals surface area contributed by atoms with Gasteiger partial charge in [0.15, 0.2) is 11.5 Å². The lowest BCUT2D eigenvalue weighted by atomic mass is 10.1. The van der Waals surface area contributed by atoms with Crippen molar-refractivity contribution in [2.75, 3.05) is 50.8 Å². The van der Waals surface area contributed by atoms with Crippen LogP contribution in [0.15, 0.2) is 18.2 Å². The Morgan fingerprint density at radius 2 is 1.72 bits per heavy atom. The molecule has 25 heavy (non-hydrogen) atoms. The number of nitrogens with zero attached hydrogens (tertiary/aromatic N) is 3. The summed E-state index contributed by atoms with van der Waals surface area (Å²) >= 11 is 0. The molecule has 0 radical (unpaired) electrons. The molecule has 0 aromatic heterocycles. The molecule has 3 aliphatic rings. The molecule has 1 aromatic rings. The lowest BCUT2D eigenvalue weighted by Gasteiger charge is -2.28. The van der Waals surface area contributed by atoms with Gasteiger partial charge in [-0.05, 0) is 31.4 Å². The molecule has 0 unspecified atom stereocenters. The molecule has 0 saturated carbocycles. The second-order valence-corrected chi connectivity index (χ2v) is 6.63. The molecule has 0 atom stereocenters. The molecule has 0 aliphatic carbocycles. The summed E-state index contributed by atoms with van der Waals surface area (Å²) in [5.74, 6) is 1.43. The van der Waals surface area contributed by atoms with Gasteiger partial charge in [-0.2, -0.15) is 0 Å². The summed E-state index contributed by atoms with van der Waals surface area (Å²) in [7, 11) is 0. The van der Waals surface area contributed by atoms with Gasteiger partial charge in [-0.3, -0.25) is 9.69 Å². The van der Waals surface area contributed by atoms with Gasteiger partial charge in [-0.15, -0.1) is 0 Å². The number of hydrogen-bond donors (Lipinski definition) is 0. The van der Waals surface area contributed by atoms with Crippen molar-refractivity contribution in [2.24, 2.45) is 0 Å². The number of amides is 3. The molecule has 1 aromatic carbocycles. The number of carbonyl (C=O) groups excluding carboxylic acids is 2. The number of ether oxygens (including phenoxy) is 2. The smallest absolute Gasteiger partial charge is 0.325 e. The molecular weight excluding hydrogens is 322 g/mol. The highest BCUT2D eigenvalue weighted by Crippen LogP contribution is 2.35. The van der Waals surface area contributed by atoms with Crippen LogP contribution in [-0.2, 0) is 4.79 Å². The Morgan fingerprint density at radius 1 is 0.960 bits per heavy atom. The highest BCUT2D eigenvalue weighted by atomic mass is 16.6. The van der Waals surface area contributed by atoms with Crippen LogP contribution in [0.3, 0.4) is 0 Å². The van der Waals surface area contributed by atoms with E-state index >= 15 is 0 Å². The Kier molecular flexibility index (Phi) is 4.38. The standard InChI is InChI=1S/C18H23N3O4/c22-17(19-6-2-1-3-7-19)13-20-8-9-21(18(20)23)14-4-5-15-16(12-14)25-11-10-24-15/h4-5,12H,1-3,6-11,13H2. The van der Waals surface area contributed by atoms with Crippen molar-refractivity contribution >= 4 is 17.6 Å². The Labute approximate surface area is 147 Å². The predicted molar refractivity (Wildman–Crippen MR) is 92.2 cm³/mol. The second kappa shape index (κ2) is 6.82. The Balaban J connectivity index is 1.42. The Bertz CT molecular complexity index is 672. The van der Waals surface area contributed by atoms with Crippen molar-refractivity contribution in [1.82, 2.24) is 9.80 Å². The van der Waals surface area contributed by atoms with Crippen LogP contribution in [0.25, 0.3) is 0 Å². The highest BCUT2D eigenvalue weighted by Gasteiger charge is 2.32. The van der Waals surface area contributed by atoms with Crippen LogP contribution >= 0.6 is 0 Å². The van der Waals surface area contributed by atoms with Crippen molar-refractivity contribution < 1.29 is 19.1 Å². The maximum absolute atomic E-state index is 12.7. The number of benzene rings is 1. The quantitative estimate of drug-likeness (QED) is 0.837. The van der Waals surface area contributed by atoms with E-state index < -0.39 is 0 Å². The summed E-state index contributed by atoms with van der Waals surface area (Å²) in [6.07, 6.45) is 3.30. The minimum absolute atomic E-state index is 0.0528. The van der Waals surface area contributed by atoms with Crippen LogP contribution in [0.2, 0.25) is 0 Å². The van der Waals surface area contributed by atoms with Gasteiger partial charge in [-0.1, -0.05) is 0 Å². The Morgan fingerprint density at radius 3 is 2.52 bits per heavy atom. The van der Waals surface area contributed by atoms with Crippen LogP contribution in [0, 0.1) is 0 Å². The molecule has 0 spiro atoms. The van der Waals surface area contributed by atoms with E-state index in [-0.39, 0.29) is 18.5 Å². The molecule has 7 heteroatoms. The number of urea groups is 1. The maximum Gasteiger partial charge on any atom is 0.325 e. The van der Waals surface area contributed by atoms with Crippen LogP contribution in [0.1, 0.15) is 19.3 Å². The zero-order valence-corrected chi connectivity index (χ0v) is 14.3. The van der Waals surface area contributed by atoms with Gasteiger partial charge in [0.25, 0.3) is 0 Å². The summed E-state index contributed by atoms with van der Waals surface area (Å²) < 4.78 is 11.1. The molecule has 134 valence electrons. The van der Waals surface area contributed by atoms with Crippen molar-refractivity contribution in [3.63, 3.8) is 0 Å². The average Bonchev–Trinajstić information content (AvgIpc) is 3.02. The number of anilines is 1. The fourth-order valence-corrected chi connectivity index (χ4v) is 3.58. The summed E-state index contributed by atoms with van der Waals surface area (Å²) in [5, 5.41) is 0. The van der Waals surface area contributed by atoms with Gasteiger partial charge in [0.1, 0.15) is 19.8 Å². The Hall–Kier alpha value is -2.44. The third-order valence-corrected chi connectivity index (χ3v) is 4.97. The van der Waals surface area contributed by atoms with E-state index in [4.69, 9.17) is 9.47 Å². The normalized spacial score (nSPS) is 20.2. The van der Waals surface area contributed by atoms with Gasteiger partial charge in [0.2, 0.25) is 5.91 Å². The molecule has 0 bridgehead atoms. The van der Waals surface area contributed by atoms with E-state index in [0.717, 1.165) is 31.6 Å². The van der Waals surface area contributed by atoms with Crippen LogP contribution in [0.4, 0.5) is 10.5 Å². The fourth-order valence-electron chi connectivity index (χ4n) is 3.58. The van der Waals surface area contributed by atoms with Gasteiger partial charge in [0, 0.05) is 37.9 Å². The van der Waals surface area contributed by atoms with Crippen LogP contribution in [-0.4, -0.2) is 67.7 Å². The molecular formula is C18H23N3O4. The summed E-state index contributed by atoms with van der Waals surface area (Å²) in [6.45, 7) is 3.99. The first-order valence-electron chi connectivity index (χ1n) is 8.96. The van der Waals surface area contributed by atoms with Gasteiger partial charge in [-0.25, -0.2) is 4.79 Å². The third kappa shape index (κ3) is 3.23. The fraction of sp³-hybridized carbons (Fsp3) is 0.556. The SMILES string of the molecule is O=C(CN1CCN(c2ccc3c(c2)OCCO3)C1=O)N1CCCCC1. The molecule has 2 fully saturated rings. The largest absolute Gasteiger partial charge is 0.486 e. The topological polar surface area (TPSA) is 62.3 Å².